The van der Waals surface area contributed by atoms with Crippen molar-refractivity contribution in [2.24, 2.45) is 0 Å². The van der Waals surface area contributed by atoms with E-state index in [4.69, 9.17) is 14.7 Å². The monoisotopic (exact) mass is 317 g/mol. The Balaban J connectivity index is 2.28. The van der Waals surface area contributed by atoms with Gasteiger partial charge in [-0.1, -0.05) is 22.0 Å². The maximum atomic E-state index is 9.06. The Kier molecular flexibility index (Phi) is 4.43. The number of halogens is 1. The van der Waals surface area contributed by atoms with Gasteiger partial charge in [-0.05, 0) is 37.3 Å². The predicted molar refractivity (Wildman–Crippen MR) is 76.5 cm³/mol. The summed E-state index contributed by atoms with van der Waals surface area (Å²) in [6.45, 7) is 2.53. The summed E-state index contributed by atoms with van der Waals surface area (Å²) in [5.74, 6) is 1.90. The number of ether oxygens (including phenoxy) is 2. The van der Waals surface area contributed by atoms with Gasteiger partial charge >= 0.3 is 0 Å². The lowest BCUT2D eigenvalue weighted by atomic mass is 10.2. The predicted octanol–water partition coefficient (Wildman–Crippen LogP) is 4.51. The van der Waals surface area contributed by atoms with E-state index in [-0.39, 0.29) is 0 Å². The highest BCUT2D eigenvalue weighted by Gasteiger charge is 2.06. The molecule has 0 aliphatic carbocycles. The standard InChI is InChI=1S/C15H12BrNO2/c1-2-18-13-4-3-5-14(9-13)19-15-8-12(16)7-6-11(15)10-17/h3-9H,2H2,1H3. The maximum absolute atomic E-state index is 9.06. The number of rotatable bonds is 4. The third kappa shape index (κ3) is 3.49. The summed E-state index contributed by atoms with van der Waals surface area (Å²) in [6, 6.07) is 14.7. The third-order valence-corrected chi connectivity index (χ3v) is 2.90. The lowest BCUT2D eigenvalue weighted by Gasteiger charge is -2.09. The minimum absolute atomic E-state index is 0.491. The molecule has 2 aromatic carbocycles. The van der Waals surface area contributed by atoms with Crippen LogP contribution in [0.4, 0.5) is 0 Å². The Labute approximate surface area is 120 Å². The lowest BCUT2D eigenvalue weighted by molar-refractivity contribution is 0.338. The second-order valence-corrected chi connectivity index (χ2v) is 4.68. The zero-order valence-corrected chi connectivity index (χ0v) is 12.0. The molecule has 0 radical (unpaired) electrons. The van der Waals surface area contributed by atoms with E-state index in [1.165, 1.54) is 0 Å². The highest BCUT2D eigenvalue weighted by Crippen LogP contribution is 2.29. The average molecular weight is 318 g/mol. The molecule has 0 aliphatic heterocycles. The maximum Gasteiger partial charge on any atom is 0.146 e. The lowest BCUT2D eigenvalue weighted by Crippen LogP contribution is -1.92. The van der Waals surface area contributed by atoms with Crippen LogP contribution in [-0.2, 0) is 0 Å². The molecular formula is C15H12BrNO2. The van der Waals surface area contributed by atoms with Crippen LogP contribution in [0.5, 0.6) is 17.2 Å². The first-order valence-electron chi connectivity index (χ1n) is 5.83. The Morgan fingerprint density at radius 3 is 2.68 bits per heavy atom. The molecule has 0 atom stereocenters. The molecule has 3 nitrogen and oxygen atoms in total. The Morgan fingerprint density at radius 1 is 1.16 bits per heavy atom. The van der Waals surface area contributed by atoms with Gasteiger partial charge in [-0.15, -0.1) is 0 Å². The van der Waals surface area contributed by atoms with E-state index in [1.807, 2.05) is 31.2 Å². The van der Waals surface area contributed by atoms with E-state index in [1.54, 1.807) is 18.2 Å². The summed E-state index contributed by atoms with van der Waals surface area (Å²) in [6.07, 6.45) is 0. The van der Waals surface area contributed by atoms with E-state index < -0.39 is 0 Å². The summed E-state index contributed by atoms with van der Waals surface area (Å²) in [5.41, 5.74) is 0.491. The van der Waals surface area contributed by atoms with E-state index in [0.717, 1.165) is 10.2 Å². The Morgan fingerprint density at radius 2 is 1.95 bits per heavy atom. The zero-order chi connectivity index (χ0) is 13.7. The van der Waals surface area contributed by atoms with Crippen LogP contribution in [0.25, 0.3) is 0 Å². The SMILES string of the molecule is CCOc1cccc(Oc2cc(Br)ccc2C#N)c1. The first kappa shape index (κ1) is 13.4. The van der Waals surface area contributed by atoms with Gasteiger partial charge in [0.1, 0.15) is 23.3 Å². The highest BCUT2D eigenvalue weighted by atomic mass is 79.9. The molecule has 0 aliphatic rings. The van der Waals surface area contributed by atoms with Gasteiger partial charge in [-0.25, -0.2) is 0 Å². The van der Waals surface area contributed by atoms with Crippen LogP contribution in [0, 0.1) is 11.3 Å². The second-order valence-electron chi connectivity index (χ2n) is 3.76. The molecule has 0 bridgehead atoms. The molecule has 0 saturated carbocycles. The van der Waals surface area contributed by atoms with Crippen molar-refractivity contribution in [2.75, 3.05) is 6.61 Å². The Hall–Kier alpha value is -1.99. The molecule has 0 unspecified atom stereocenters. The van der Waals surface area contributed by atoms with Gasteiger partial charge in [-0.3, -0.25) is 0 Å². The van der Waals surface area contributed by atoms with Crippen LogP contribution < -0.4 is 9.47 Å². The van der Waals surface area contributed by atoms with Gasteiger partial charge in [0.25, 0.3) is 0 Å². The number of nitrogens with zero attached hydrogens (tertiary/aromatic N) is 1. The smallest absolute Gasteiger partial charge is 0.146 e. The number of nitriles is 1. The van der Waals surface area contributed by atoms with Crippen molar-refractivity contribution in [3.05, 3.63) is 52.5 Å². The van der Waals surface area contributed by atoms with Gasteiger partial charge < -0.3 is 9.47 Å². The van der Waals surface area contributed by atoms with Crippen molar-refractivity contribution in [3.63, 3.8) is 0 Å². The molecular weight excluding hydrogens is 306 g/mol. The van der Waals surface area contributed by atoms with Crippen LogP contribution in [-0.4, -0.2) is 6.61 Å². The van der Waals surface area contributed by atoms with Crippen LogP contribution in [0.15, 0.2) is 46.9 Å². The van der Waals surface area contributed by atoms with Gasteiger partial charge in [-0.2, -0.15) is 5.26 Å². The van der Waals surface area contributed by atoms with Crippen molar-refractivity contribution in [1.29, 1.82) is 5.26 Å². The fourth-order valence-corrected chi connectivity index (χ4v) is 1.93. The van der Waals surface area contributed by atoms with Crippen molar-refractivity contribution < 1.29 is 9.47 Å². The normalized spacial score (nSPS) is 9.74. The summed E-state index contributed by atoms with van der Waals surface area (Å²) in [7, 11) is 0. The summed E-state index contributed by atoms with van der Waals surface area (Å²) < 4.78 is 12.0. The van der Waals surface area contributed by atoms with Gasteiger partial charge in [0.05, 0.1) is 12.2 Å². The van der Waals surface area contributed by atoms with E-state index in [2.05, 4.69) is 22.0 Å². The average Bonchev–Trinajstić information content (AvgIpc) is 2.40. The summed E-state index contributed by atoms with van der Waals surface area (Å²) in [4.78, 5) is 0. The summed E-state index contributed by atoms with van der Waals surface area (Å²) in [5, 5.41) is 9.06. The minimum atomic E-state index is 0.491. The fourth-order valence-electron chi connectivity index (χ4n) is 1.59. The largest absolute Gasteiger partial charge is 0.494 e. The van der Waals surface area contributed by atoms with Crippen LogP contribution in [0.1, 0.15) is 12.5 Å². The zero-order valence-electron chi connectivity index (χ0n) is 10.4. The summed E-state index contributed by atoms with van der Waals surface area (Å²) >= 11 is 3.36. The van der Waals surface area contributed by atoms with Gasteiger partial charge in [0.2, 0.25) is 0 Å². The topological polar surface area (TPSA) is 42.2 Å². The fraction of sp³-hybridized carbons (Fsp3) is 0.133. The van der Waals surface area contributed by atoms with Crippen molar-refractivity contribution in [1.82, 2.24) is 0 Å². The molecule has 0 N–H and O–H groups in total. The quantitative estimate of drug-likeness (QED) is 0.833. The van der Waals surface area contributed by atoms with Crippen LogP contribution in [0.2, 0.25) is 0 Å². The molecule has 2 rings (SSSR count). The van der Waals surface area contributed by atoms with E-state index in [9.17, 15) is 0 Å². The molecule has 4 heteroatoms. The molecule has 19 heavy (non-hydrogen) atoms. The van der Waals surface area contributed by atoms with Gasteiger partial charge in [0, 0.05) is 10.5 Å². The molecule has 0 saturated heterocycles. The second kappa shape index (κ2) is 6.26. The molecule has 2 aromatic rings. The molecule has 0 aromatic heterocycles. The Bertz CT molecular complexity index is 620. The number of hydrogen-bond donors (Lipinski definition) is 0. The van der Waals surface area contributed by atoms with Crippen LogP contribution >= 0.6 is 15.9 Å². The molecule has 0 fully saturated rings. The molecule has 0 heterocycles. The molecule has 96 valence electrons. The third-order valence-electron chi connectivity index (χ3n) is 2.41. The van der Waals surface area contributed by atoms with Crippen molar-refractivity contribution >= 4 is 15.9 Å². The van der Waals surface area contributed by atoms with Crippen LogP contribution in [0.3, 0.4) is 0 Å². The van der Waals surface area contributed by atoms with E-state index in [0.29, 0.717) is 23.7 Å². The van der Waals surface area contributed by atoms with Crippen molar-refractivity contribution in [2.45, 2.75) is 6.92 Å². The first-order chi connectivity index (χ1) is 9.22. The first-order valence-corrected chi connectivity index (χ1v) is 6.62. The number of hydrogen-bond acceptors (Lipinski definition) is 3. The highest BCUT2D eigenvalue weighted by molar-refractivity contribution is 9.10. The molecule has 0 spiro atoms. The van der Waals surface area contributed by atoms with Gasteiger partial charge in [0.15, 0.2) is 0 Å². The van der Waals surface area contributed by atoms with E-state index >= 15 is 0 Å². The number of benzene rings is 2. The molecule has 0 amide bonds. The van der Waals surface area contributed by atoms with Crippen molar-refractivity contribution in [3.8, 4) is 23.3 Å². The minimum Gasteiger partial charge on any atom is -0.494 e.